The van der Waals surface area contributed by atoms with Gasteiger partial charge in [-0.2, -0.15) is 0 Å². The van der Waals surface area contributed by atoms with Crippen LogP contribution in [0, 0.1) is 5.92 Å². The van der Waals surface area contributed by atoms with Crippen LogP contribution in [0.1, 0.15) is 31.4 Å². The molecule has 0 heterocycles. The number of ether oxygens (including phenoxy) is 1. The van der Waals surface area contributed by atoms with Crippen LogP contribution in [-0.4, -0.2) is 18.2 Å². The maximum absolute atomic E-state index is 11.3. The first-order valence-electron chi connectivity index (χ1n) is 5.87. The summed E-state index contributed by atoms with van der Waals surface area (Å²) in [5.41, 5.74) is 2.01. The van der Waals surface area contributed by atoms with Crippen LogP contribution in [0.15, 0.2) is 18.2 Å². The third-order valence-corrected chi connectivity index (χ3v) is 3.88. The number of fused-ring (bicyclic) bond motifs is 1. The van der Waals surface area contributed by atoms with Crippen molar-refractivity contribution >= 4 is 5.97 Å². The van der Waals surface area contributed by atoms with Gasteiger partial charge in [-0.3, -0.25) is 4.79 Å². The first kappa shape index (κ1) is 12.0. The molecule has 1 unspecified atom stereocenters. The quantitative estimate of drug-likeness (QED) is 0.855. The highest BCUT2D eigenvalue weighted by molar-refractivity contribution is 5.73. The van der Waals surface area contributed by atoms with Crippen LogP contribution in [0.4, 0.5) is 0 Å². The normalized spacial score (nSPS) is 21.7. The summed E-state index contributed by atoms with van der Waals surface area (Å²) < 4.78 is 5.22. The molecule has 3 heteroatoms. The molecule has 1 atom stereocenters. The van der Waals surface area contributed by atoms with Crippen LogP contribution in [0.5, 0.6) is 5.75 Å². The van der Waals surface area contributed by atoms with Crippen LogP contribution in [-0.2, 0) is 16.6 Å². The number of benzene rings is 1. The van der Waals surface area contributed by atoms with Gasteiger partial charge in [0.15, 0.2) is 0 Å². The second kappa shape index (κ2) is 4.06. The van der Waals surface area contributed by atoms with E-state index in [0.717, 1.165) is 17.7 Å². The van der Waals surface area contributed by atoms with E-state index in [-0.39, 0.29) is 11.3 Å². The second-order valence-corrected chi connectivity index (χ2v) is 5.17. The van der Waals surface area contributed by atoms with Gasteiger partial charge in [-0.15, -0.1) is 0 Å². The number of hydrogen-bond donors (Lipinski definition) is 1. The zero-order valence-corrected chi connectivity index (χ0v) is 10.5. The molecule has 1 aliphatic rings. The van der Waals surface area contributed by atoms with Crippen molar-refractivity contribution in [1.29, 1.82) is 0 Å². The van der Waals surface area contributed by atoms with Crippen molar-refractivity contribution in [3.63, 3.8) is 0 Å². The summed E-state index contributed by atoms with van der Waals surface area (Å²) in [5, 5.41) is 9.29. The lowest BCUT2D eigenvalue weighted by molar-refractivity contribution is -0.144. The number of rotatable bonds is 2. The molecule has 1 N–H and O–H groups in total. The topological polar surface area (TPSA) is 46.5 Å². The van der Waals surface area contributed by atoms with E-state index in [1.807, 2.05) is 32.0 Å². The van der Waals surface area contributed by atoms with E-state index in [4.69, 9.17) is 4.74 Å². The third-order valence-electron chi connectivity index (χ3n) is 3.88. The Hall–Kier alpha value is -1.51. The Morgan fingerprint density at radius 2 is 2.18 bits per heavy atom. The second-order valence-electron chi connectivity index (χ2n) is 5.17. The van der Waals surface area contributed by atoms with Gasteiger partial charge in [0.2, 0.25) is 0 Å². The predicted molar refractivity (Wildman–Crippen MR) is 65.5 cm³/mol. The van der Waals surface area contributed by atoms with Crippen LogP contribution in [0.3, 0.4) is 0 Å². The van der Waals surface area contributed by atoms with Crippen LogP contribution >= 0.6 is 0 Å². The molecular formula is C14H18O3. The lowest BCUT2D eigenvalue weighted by Crippen LogP contribution is -2.39. The number of carboxylic acid groups (broad SMARTS) is 1. The Morgan fingerprint density at radius 1 is 1.47 bits per heavy atom. The molecule has 0 radical (unpaired) electrons. The Bertz CT molecular complexity index is 449. The summed E-state index contributed by atoms with van der Waals surface area (Å²) in [5.74, 6) is -0.228. The van der Waals surface area contributed by atoms with E-state index in [1.165, 1.54) is 5.56 Å². The van der Waals surface area contributed by atoms with Crippen molar-refractivity contribution in [2.45, 2.75) is 32.1 Å². The Kier molecular flexibility index (Phi) is 2.86. The molecule has 0 saturated heterocycles. The van der Waals surface area contributed by atoms with Gasteiger partial charge in [0.1, 0.15) is 5.75 Å². The smallest absolute Gasteiger partial charge is 0.307 e. The fourth-order valence-corrected chi connectivity index (χ4v) is 2.78. The molecule has 17 heavy (non-hydrogen) atoms. The molecule has 3 nitrogen and oxygen atoms in total. The molecule has 0 fully saturated rings. The van der Waals surface area contributed by atoms with Crippen molar-refractivity contribution in [3.05, 3.63) is 29.3 Å². The van der Waals surface area contributed by atoms with E-state index >= 15 is 0 Å². The molecule has 1 aromatic carbocycles. The standard InChI is InChI=1S/C14H18O3/c1-14(2)11(13(15)16)7-5-9-4-6-10(17-3)8-12(9)14/h4,6,8,11H,5,7H2,1-3H3,(H,15,16). The SMILES string of the molecule is COc1ccc2c(c1)C(C)(C)C(C(=O)O)CC2. The summed E-state index contributed by atoms with van der Waals surface area (Å²) in [4.78, 5) is 11.3. The van der Waals surface area contributed by atoms with Gasteiger partial charge < -0.3 is 9.84 Å². The zero-order valence-electron chi connectivity index (χ0n) is 10.5. The van der Waals surface area contributed by atoms with Gasteiger partial charge in [-0.05, 0) is 36.1 Å². The van der Waals surface area contributed by atoms with E-state index in [1.54, 1.807) is 7.11 Å². The Balaban J connectivity index is 2.50. The number of aryl methyl sites for hydroxylation is 1. The summed E-state index contributed by atoms with van der Waals surface area (Å²) >= 11 is 0. The molecule has 92 valence electrons. The lowest BCUT2D eigenvalue weighted by atomic mass is 9.65. The number of hydrogen-bond acceptors (Lipinski definition) is 2. The van der Waals surface area contributed by atoms with Gasteiger partial charge >= 0.3 is 5.97 Å². The molecule has 0 aromatic heterocycles. The molecule has 0 amide bonds. The van der Waals surface area contributed by atoms with Crippen LogP contribution < -0.4 is 4.74 Å². The lowest BCUT2D eigenvalue weighted by Gasteiger charge is -2.38. The summed E-state index contributed by atoms with van der Waals surface area (Å²) in [6.07, 6.45) is 1.54. The number of carboxylic acids is 1. The van der Waals surface area contributed by atoms with E-state index in [2.05, 4.69) is 0 Å². The predicted octanol–water partition coefficient (Wildman–Crippen LogP) is 2.62. The maximum atomic E-state index is 11.3. The largest absolute Gasteiger partial charge is 0.497 e. The van der Waals surface area contributed by atoms with Crippen molar-refractivity contribution in [2.24, 2.45) is 5.92 Å². The first-order valence-corrected chi connectivity index (χ1v) is 5.87. The van der Waals surface area contributed by atoms with Crippen molar-refractivity contribution < 1.29 is 14.6 Å². The van der Waals surface area contributed by atoms with Gasteiger partial charge in [-0.25, -0.2) is 0 Å². The Morgan fingerprint density at radius 3 is 2.76 bits per heavy atom. The molecular weight excluding hydrogens is 216 g/mol. The average Bonchev–Trinajstić information content (AvgIpc) is 2.28. The minimum absolute atomic E-state index is 0.317. The van der Waals surface area contributed by atoms with Crippen LogP contribution in [0.25, 0.3) is 0 Å². The van der Waals surface area contributed by atoms with Crippen molar-refractivity contribution in [3.8, 4) is 5.75 Å². The molecule has 0 saturated carbocycles. The minimum Gasteiger partial charge on any atom is -0.497 e. The Labute approximate surface area is 101 Å². The van der Waals surface area contributed by atoms with Gasteiger partial charge in [0, 0.05) is 5.41 Å². The molecule has 1 aliphatic carbocycles. The molecule has 0 aliphatic heterocycles. The molecule has 2 rings (SSSR count). The highest BCUT2D eigenvalue weighted by Gasteiger charge is 2.40. The van der Waals surface area contributed by atoms with Crippen LogP contribution in [0.2, 0.25) is 0 Å². The van der Waals surface area contributed by atoms with Gasteiger partial charge in [0.25, 0.3) is 0 Å². The monoisotopic (exact) mass is 234 g/mol. The van der Waals surface area contributed by atoms with E-state index in [9.17, 15) is 9.90 Å². The van der Waals surface area contributed by atoms with E-state index in [0.29, 0.717) is 6.42 Å². The fourth-order valence-electron chi connectivity index (χ4n) is 2.78. The molecule has 1 aromatic rings. The van der Waals surface area contributed by atoms with Gasteiger partial charge in [0.05, 0.1) is 13.0 Å². The minimum atomic E-state index is -0.705. The molecule has 0 spiro atoms. The maximum Gasteiger partial charge on any atom is 0.307 e. The number of aliphatic carboxylic acids is 1. The summed E-state index contributed by atoms with van der Waals surface area (Å²) in [6.45, 7) is 4.01. The number of carbonyl (C=O) groups is 1. The highest BCUT2D eigenvalue weighted by atomic mass is 16.5. The van der Waals surface area contributed by atoms with Crippen molar-refractivity contribution in [2.75, 3.05) is 7.11 Å². The summed E-state index contributed by atoms with van der Waals surface area (Å²) in [7, 11) is 1.63. The fraction of sp³-hybridized carbons (Fsp3) is 0.500. The van der Waals surface area contributed by atoms with Gasteiger partial charge in [-0.1, -0.05) is 19.9 Å². The number of methoxy groups -OCH3 is 1. The van der Waals surface area contributed by atoms with E-state index < -0.39 is 5.97 Å². The summed E-state index contributed by atoms with van der Waals surface area (Å²) in [6, 6.07) is 5.97. The third kappa shape index (κ3) is 1.90. The first-order chi connectivity index (χ1) is 7.96. The zero-order chi connectivity index (χ0) is 12.6. The van der Waals surface area contributed by atoms with Crippen molar-refractivity contribution in [1.82, 2.24) is 0 Å². The highest BCUT2D eigenvalue weighted by Crippen LogP contribution is 2.42. The average molecular weight is 234 g/mol. The molecule has 0 bridgehead atoms.